The minimum absolute atomic E-state index is 0. The van der Waals surface area contributed by atoms with Gasteiger partial charge >= 0.3 is 5.97 Å². The van der Waals surface area contributed by atoms with Gasteiger partial charge in [0.25, 0.3) is 0 Å². The summed E-state index contributed by atoms with van der Waals surface area (Å²) < 4.78 is 23.9. The van der Waals surface area contributed by atoms with Crippen molar-refractivity contribution < 1.29 is 70.1 Å². The molecule has 0 saturated heterocycles. The number of ether oxygens (including phenoxy) is 4. The Bertz CT molecular complexity index is 1130. The molecule has 0 amide bonds. The Morgan fingerprint density at radius 1 is 1.13 bits per heavy atom. The van der Waals surface area contributed by atoms with Crippen molar-refractivity contribution in [3.63, 3.8) is 0 Å². The van der Waals surface area contributed by atoms with Crippen molar-refractivity contribution in [2.24, 2.45) is 40.4 Å². The second-order valence-electron chi connectivity index (χ2n) is 13.7. The van der Waals surface area contributed by atoms with Crippen LogP contribution in [-0.2, 0) is 36.9 Å². The molecule has 257 valence electrons. The monoisotopic (exact) mass is 768 g/mol. The van der Waals surface area contributed by atoms with Crippen molar-refractivity contribution in [3.05, 3.63) is 50.5 Å². The number of rotatable bonds is 16. The van der Waals surface area contributed by atoms with Crippen molar-refractivity contribution in [2.75, 3.05) is 39.6 Å². The summed E-state index contributed by atoms with van der Waals surface area (Å²) >= 11 is 0. The Hall–Kier alpha value is -0.836. The zero-order valence-corrected chi connectivity index (χ0v) is 32.2. The van der Waals surface area contributed by atoms with Crippen LogP contribution in [0.2, 0.25) is 0 Å². The van der Waals surface area contributed by atoms with Gasteiger partial charge in [0.1, 0.15) is 18.4 Å². The molecule has 3 saturated carbocycles. The van der Waals surface area contributed by atoms with Crippen LogP contribution in [0.25, 0.3) is 0 Å². The average Bonchev–Trinajstić information content (AvgIpc) is 3.62. The van der Waals surface area contributed by atoms with E-state index in [-0.39, 0.29) is 80.6 Å². The molecule has 4 aliphatic carbocycles. The van der Waals surface area contributed by atoms with Crippen LogP contribution in [0.4, 0.5) is 0 Å². The van der Waals surface area contributed by atoms with Gasteiger partial charge in [0.05, 0.1) is 52.4 Å². The van der Waals surface area contributed by atoms with Gasteiger partial charge in [0.2, 0.25) is 0 Å². The SMILES string of the molecule is [CH2-]/C=C/CC1CCC2C1(C)CCC1C3CCC(OC(=O)COCc4cn(CCOCCOCCO)nn4)CC3C=C[C@@]12CC.[CH3-].[Pr]. The molecule has 0 aliphatic heterocycles. The summed E-state index contributed by atoms with van der Waals surface area (Å²) in [5.41, 5.74) is 1.40. The first-order valence-electron chi connectivity index (χ1n) is 17.0. The third-order valence-electron chi connectivity index (χ3n) is 11.6. The van der Waals surface area contributed by atoms with Crippen LogP contribution in [0.3, 0.4) is 0 Å². The van der Waals surface area contributed by atoms with E-state index in [2.05, 4.69) is 49.3 Å². The average molecular weight is 769 g/mol. The largest absolute Gasteiger partial charge is 0.461 e. The van der Waals surface area contributed by atoms with Crippen molar-refractivity contribution in [1.29, 1.82) is 0 Å². The smallest absolute Gasteiger partial charge is 0.332 e. The molecule has 0 aromatic carbocycles. The van der Waals surface area contributed by atoms with E-state index in [0.717, 1.165) is 37.0 Å². The van der Waals surface area contributed by atoms with Crippen LogP contribution >= 0.6 is 0 Å². The van der Waals surface area contributed by atoms with Gasteiger partial charge in [-0.2, -0.15) is 0 Å². The second-order valence-corrected chi connectivity index (χ2v) is 13.7. The van der Waals surface area contributed by atoms with Gasteiger partial charge in [-0.15, -0.1) is 5.10 Å². The van der Waals surface area contributed by atoms with Gasteiger partial charge in [-0.25, -0.2) is 28.6 Å². The molecule has 46 heavy (non-hydrogen) atoms. The molecule has 3 fully saturated rings. The Morgan fingerprint density at radius 2 is 1.93 bits per heavy atom. The van der Waals surface area contributed by atoms with Gasteiger partial charge in [-0.3, -0.25) is 0 Å². The Morgan fingerprint density at radius 3 is 2.70 bits per heavy atom. The predicted octanol–water partition coefficient (Wildman–Crippen LogP) is 5.79. The summed E-state index contributed by atoms with van der Waals surface area (Å²) in [7, 11) is 0. The van der Waals surface area contributed by atoms with Crippen molar-refractivity contribution in [1.82, 2.24) is 15.0 Å². The van der Waals surface area contributed by atoms with Gasteiger partial charge in [0, 0.05) is 41.3 Å². The van der Waals surface area contributed by atoms with Gasteiger partial charge in [-0.05, 0) is 85.4 Å². The van der Waals surface area contributed by atoms with E-state index < -0.39 is 0 Å². The fraction of sp³-hybridized carbons (Fsp3) is 0.750. The van der Waals surface area contributed by atoms with E-state index in [1.807, 2.05) is 6.08 Å². The molecular formula is C36H57N3O6Pr-2. The van der Waals surface area contributed by atoms with E-state index in [0.29, 0.717) is 61.3 Å². The predicted molar refractivity (Wildman–Crippen MR) is 174 cm³/mol. The van der Waals surface area contributed by atoms with E-state index >= 15 is 0 Å². The molecule has 4 aliphatic rings. The van der Waals surface area contributed by atoms with Crippen LogP contribution in [0.5, 0.6) is 0 Å². The zero-order valence-electron chi connectivity index (χ0n) is 28.5. The van der Waals surface area contributed by atoms with E-state index in [1.165, 1.54) is 38.5 Å². The van der Waals surface area contributed by atoms with Gasteiger partial charge < -0.3 is 31.5 Å². The number of aromatic nitrogens is 3. The second kappa shape index (κ2) is 18.8. The Balaban J connectivity index is 0.00000288. The number of hydrogen-bond acceptors (Lipinski definition) is 8. The van der Waals surface area contributed by atoms with Crippen LogP contribution in [0.15, 0.2) is 30.5 Å². The molecule has 9 nitrogen and oxygen atoms in total. The topological polar surface area (TPSA) is 105 Å². The molecule has 1 radical (unpaired) electrons. The van der Waals surface area contributed by atoms with Gasteiger partial charge in [0.15, 0.2) is 0 Å². The number of esters is 1. The maximum absolute atomic E-state index is 12.7. The number of carbonyl (C=O) groups is 1. The van der Waals surface area contributed by atoms with E-state index in [4.69, 9.17) is 24.1 Å². The number of aliphatic hydroxyl groups excluding tert-OH is 1. The number of aliphatic hydroxyl groups is 1. The summed E-state index contributed by atoms with van der Waals surface area (Å²) in [6.07, 6.45) is 22.0. The molecular weight excluding hydrogens is 711 g/mol. The minimum Gasteiger partial charge on any atom is -0.461 e. The first-order chi connectivity index (χ1) is 21.4. The maximum atomic E-state index is 12.7. The van der Waals surface area contributed by atoms with Crippen molar-refractivity contribution in [2.45, 2.75) is 90.9 Å². The van der Waals surface area contributed by atoms with Crippen LogP contribution in [0, 0.1) is 96.1 Å². The molecule has 5 rings (SSSR count). The minimum atomic E-state index is -0.304. The third-order valence-corrected chi connectivity index (χ3v) is 11.6. The van der Waals surface area contributed by atoms with Crippen LogP contribution in [-0.4, -0.2) is 71.8 Å². The molecule has 0 spiro atoms. The van der Waals surface area contributed by atoms with E-state index in [1.54, 1.807) is 10.9 Å². The fourth-order valence-electron chi connectivity index (χ4n) is 9.53. The summed E-state index contributed by atoms with van der Waals surface area (Å²) in [6.45, 7) is 11.3. The molecule has 8 atom stereocenters. The number of hydrogen-bond donors (Lipinski definition) is 1. The standard InChI is InChI=1S/C35H54N3O6.CH3.Pr/c1-4-6-7-27-8-11-32-34(27,3)14-13-31-30-10-9-29(22-26(30)12-15-35(31,32)5-2)44-33(40)25-43-24-28-23-38(37-36-28)16-18-41-20-21-42-19-17-39;;/h4,6,12,15,23,26-27,29-32,39H,1,5,7-11,13-14,16-22,24-25H2,2-3H3;1H3;/q2*-1;/b6-4+;;/t26?,27?,29?,30?,31?,32?,34?,35-;;/m0../s1. The molecule has 10 heteroatoms. The quantitative estimate of drug-likeness (QED) is 0.0977. The molecule has 1 heterocycles. The summed E-state index contributed by atoms with van der Waals surface area (Å²) in [4.78, 5) is 12.7. The summed E-state index contributed by atoms with van der Waals surface area (Å²) in [5.74, 6) is 3.18. The van der Waals surface area contributed by atoms with Crippen LogP contribution in [0.1, 0.15) is 77.3 Å². The Labute approximate surface area is 310 Å². The van der Waals surface area contributed by atoms with Crippen molar-refractivity contribution >= 4 is 5.97 Å². The maximum Gasteiger partial charge on any atom is 0.332 e. The normalized spacial score (nSPS) is 33.0. The van der Waals surface area contributed by atoms with Crippen molar-refractivity contribution in [3.8, 4) is 0 Å². The molecule has 0 bridgehead atoms. The third kappa shape index (κ3) is 9.03. The zero-order chi connectivity index (χ0) is 31.0. The first-order valence-corrected chi connectivity index (χ1v) is 17.0. The Kier molecular flexibility index (Phi) is 16.2. The fourth-order valence-corrected chi connectivity index (χ4v) is 9.53. The molecule has 1 aromatic rings. The molecule has 1 N–H and O–H groups in total. The summed E-state index contributed by atoms with van der Waals surface area (Å²) in [6, 6.07) is 0. The number of carbonyl (C=O) groups excluding carboxylic acids is 1. The van der Waals surface area contributed by atoms with Gasteiger partial charge in [-0.1, -0.05) is 44.1 Å². The summed E-state index contributed by atoms with van der Waals surface area (Å²) in [5, 5.41) is 16.9. The molecule has 7 unspecified atom stereocenters. The number of allylic oxidation sites excluding steroid dienone is 4. The van der Waals surface area contributed by atoms with E-state index in [9.17, 15) is 4.79 Å². The number of nitrogens with zero attached hydrogens (tertiary/aromatic N) is 3. The van der Waals surface area contributed by atoms with Crippen LogP contribution < -0.4 is 0 Å². The molecule has 1 aromatic heterocycles. The first kappa shape index (κ1) is 39.6. The number of fused-ring (bicyclic) bond motifs is 5.